The normalized spacial score (nSPS) is 14.3. The summed E-state index contributed by atoms with van der Waals surface area (Å²) in [5.74, 6) is 0.974. The molecule has 0 amide bonds. The summed E-state index contributed by atoms with van der Waals surface area (Å²) in [6.45, 7) is 17.2. The van der Waals surface area contributed by atoms with Crippen LogP contribution in [0.3, 0.4) is 0 Å². The molecule has 0 N–H and O–H groups in total. The second-order valence-corrected chi connectivity index (χ2v) is 7.96. The second-order valence-electron chi connectivity index (χ2n) is 7.96. The molecule has 0 aromatic carbocycles. The Morgan fingerprint density at radius 1 is 0.917 bits per heavy atom. The zero-order valence-corrected chi connectivity index (χ0v) is 17.0. The van der Waals surface area contributed by atoms with Gasteiger partial charge in [0, 0.05) is 0 Å². The smallest absolute Gasteiger partial charge is 0.312 e. The Morgan fingerprint density at radius 2 is 1.46 bits per heavy atom. The Balaban J connectivity index is 5.01. The fourth-order valence-corrected chi connectivity index (χ4v) is 3.38. The molecule has 0 fully saturated rings. The van der Waals surface area contributed by atoms with Crippen LogP contribution in [0, 0.1) is 29.1 Å². The van der Waals surface area contributed by atoms with E-state index in [1.807, 2.05) is 6.92 Å². The summed E-state index contributed by atoms with van der Waals surface area (Å²) in [6, 6.07) is 0. The summed E-state index contributed by atoms with van der Waals surface area (Å²) in [5, 5.41) is 0. The van der Waals surface area contributed by atoms with Crippen molar-refractivity contribution in [3.63, 3.8) is 0 Å². The molecular weight excluding hydrogens is 304 g/mol. The molecule has 0 spiro atoms. The highest BCUT2D eigenvalue weighted by Gasteiger charge is 2.41. The first kappa shape index (κ1) is 22.9. The summed E-state index contributed by atoms with van der Waals surface area (Å²) in [5.41, 5.74) is -0.771. The average Bonchev–Trinajstić information content (AvgIpc) is 2.45. The average molecular weight is 343 g/mol. The molecule has 0 aliphatic carbocycles. The molecule has 0 aromatic heterocycles. The lowest BCUT2D eigenvalue weighted by atomic mass is 9.75. The van der Waals surface area contributed by atoms with Crippen molar-refractivity contribution < 1.29 is 19.1 Å². The lowest BCUT2D eigenvalue weighted by molar-refractivity contribution is -0.165. The molecule has 0 rings (SSSR count). The van der Waals surface area contributed by atoms with E-state index < -0.39 is 5.41 Å². The Labute approximate surface area is 148 Å². The third kappa shape index (κ3) is 7.23. The molecule has 0 aromatic rings. The maximum absolute atomic E-state index is 12.5. The molecule has 142 valence electrons. The van der Waals surface area contributed by atoms with Crippen molar-refractivity contribution in [3.8, 4) is 0 Å². The van der Waals surface area contributed by atoms with E-state index in [1.54, 1.807) is 6.92 Å². The van der Waals surface area contributed by atoms with Crippen LogP contribution in [-0.4, -0.2) is 25.2 Å². The van der Waals surface area contributed by atoms with Crippen LogP contribution in [-0.2, 0) is 19.1 Å². The SMILES string of the molecule is CCOC(=O)C(CC)(CC(=O)OCC(C(C)C)C(C)C)CC(C)C. The minimum Gasteiger partial charge on any atom is -0.466 e. The zero-order valence-electron chi connectivity index (χ0n) is 17.0. The molecule has 24 heavy (non-hydrogen) atoms. The van der Waals surface area contributed by atoms with Gasteiger partial charge in [-0.1, -0.05) is 48.5 Å². The highest BCUT2D eigenvalue weighted by atomic mass is 16.5. The number of carbonyl (C=O) groups is 2. The van der Waals surface area contributed by atoms with Gasteiger partial charge >= 0.3 is 11.9 Å². The van der Waals surface area contributed by atoms with E-state index in [2.05, 4.69) is 41.5 Å². The largest absolute Gasteiger partial charge is 0.466 e. The minimum atomic E-state index is -0.771. The van der Waals surface area contributed by atoms with E-state index in [1.165, 1.54) is 0 Å². The van der Waals surface area contributed by atoms with Crippen LogP contribution in [0.4, 0.5) is 0 Å². The fraction of sp³-hybridized carbons (Fsp3) is 0.900. The van der Waals surface area contributed by atoms with Crippen LogP contribution >= 0.6 is 0 Å². The van der Waals surface area contributed by atoms with Gasteiger partial charge < -0.3 is 9.47 Å². The second kappa shape index (κ2) is 10.7. The van der Waals surface area contributed by atoms with Crippen molar-refractivity contribution in [1.82, 2.24) is 0 Å². The molecule has 0 radical (unpaired) electrons. The predicted octanol–water partition coefficient (Wildman–Crippen LogP) is 4.85. The molecule has 1 unspecified atom stereocenters. The van der Waals surface area contributed by atoms with Crippen LogP contribution in [0.2, 0.25) is 0 Å². The summed E-state index contributed by atoms with van der Waals surface area (Å²) < 4.78 is 10.8. The van der Waals surface area contributed by atoms with E-state index in [4.69, 9.17) is 9.47 Å². The number of rotatable bonds is 11. The van der Waals surface area contributed by atoms with Crippen LogP contribution < -0.4 is 0 Å². The van der Waals surface area contributed by atoms with Gasteiger partial charge in [0.1, 0.15) is 0 Å². The summed E-state index contributed by atoms with van der Waals surface area (Å²) in [7, 11) is 0. The summed E-state index contributed by atoms with van der Waals surface area (Å²) >= 11 is 0. The van der Waals surface area contributed by atoms with Gasteiger partial charge in [0.2, 0.25) is 0 Å². The lowest BCUT2D eigenvalue weighted by Crippen LogP contribution is -2.37. The number of ether oxygens (including phenoxy) is 2. The van der Waals surface area contributed by atoms with E-state index in [0.717, 1.165) is 0 Å². The maximum atomic E-state index is 12.5. The van der Waals surface area contributed by atoms with Gasteiger partial charge in [-0.2, -0.15) is 0 Å². The van der Waals surface area contributed by atoms with E-state index in [-0.39, 0.29) is 18.4 Å². The number of hydrogen-bond acceptors (Lipinski definition) is 4. The van der Waals surface area contributed by atoms with Gasteiger partial charge in [-0.05, 0) is 43.4 Å². The van der Waals surface area contributed by atoms with Crippen LogP contribution in [0.15, 0.2) is 0 Å². The van der Waals surface area contributed by atoms with Gasteiger partial charge in [-0.15, -0.1) is 0 Å². The molecule has 0 saturated heterocycles. The fourth-order valence-electron chi connectivity index (χ4n) is 3.38. The summed E-state index contributed by atoms with van der Waals surface area (Å²) in [4.78, 5) is 24.9. The molecule has 0 saturated carbocycles. The van der Waals surface area contributed by atoms with Crippen molar-refractivity contribution in [2.24, 2.45) is 29.1 Å². The monoisotopic (exact) mass is 342 g/mol. The molecule has 0 aliphatic heterocycles. The van der Waals surface area contributed by atoms with Crippen molar-refractivity contribution in [1.29, 1.82) is 0 Å². The van der Waals surface area contributed by atoms with E-state index >= 15 is 0 Å². The van der Waals surface area contributed by atoms with Crippen LogP contribution in [0.5, 0.6) is 0 Å². The van der Waals surface area contributed by atoms with E-state index in [0.29, 0.717) is 49.7 Å². The molecular formula is C20H38O4. The Bertz CT molecular complexity index is 379. The summed E-state index contributed by atoms with van der Waals surface area (Å²) in [6.07, 6.45) is 1.32. The molecule has 4 heteroatoms. The Hall–Kier alpha value is -1.06. The molecule has 0 aliphatic rings. The highest BCUT2D eigenvalue weighted by molar-refractivity contribution is 5.83. The van der Waals surface area contributed by atoms with Gasteiger partial charge in [0.05, 0.1) is 25.0 Å². The van der Waals surface area contributed by atoms with Crippen molar-refractivity contribution in [2.45, 2.75) is 74.7 Å². The maximum Gasteiger partial charge on any atom is 0.312 e. The molecule has 0 bridgehead atoms. The first-order chi connectivity index (χ1) is 11.1. The third-order valence-corrected chi connectivity index (χ3v) is 4.82. The van der Waals surface area contributed by atoms with Crippen molar-refractivity contribution in [3.05, 3.63) is 0 Å². The van der Waals surface area contributed by atoms with Crippen molar-refractivity contribution >= 4 is 11.9 Å². The highest BCUT2D eigenvalue weighted by Crippen LogP contribution is 2.36. The van der Waals surface area contributed by atoms with Gasteiger partial charge in [0.15, 0.2) is 0 Å². The Kier molecular flexibility index (Phi) is 10.3. The van der Waals surface area contributed by atoms with Crippen LogP contribution in [0.1, 0.15) is 74.7 Å². The molecule has 1 atom stereocenters. The van der Waals surface area contributed by atoms with E-state index in [9.17, 15) is 9.59 Å². The lowest BCUT2D eigenvalue weighted by Gasteiger charge is -2.31. The molecule has 4 nitrogen and oxygen atoms in total. The van der Waals surface area contributed by atoms with Gasteiger partial charge in [-0.25, -0.2) is 0 Å². The van der Waals surface area contributed by atoms with Crippen molar-refractivity contribution in [2.75, 3.05) is 13.2 Å². The molecule has 0 heterocycles. The quantitative estimate of drug-likeness (QED) is 0.503. The topological polar surface area (TPSA) is 52.6 Å². The Morgan fingerprint density at radius 3 is 1.83 bits per heavy atom. The first-order valence-corrected chi connectivity index (χ1v) is 9.42. The first-order valence-electron chi connectivity index (χ1n) is 9.42. The third-order valence-electron chi connectivity index (χ3n) is 4.82. The zero-order chi connectivity index (χ0) is 18.9. The predicted molar refractivity (Wildman–Crippen MR) is 97.6 cm³/mol. The minimum absolute atomic E-state index is 0.101. The van der Waals surface area contributed by atoms with Crippen LogP contribution in [0.25, 0.3) is 0 Å². The van der Waals surface area contributed by atoms with Gasteiger partial charge in [-0.3, -0.25) is 9.59 Å². The number of esters is 2. The standard InChI is InChI=1S/C20H38O4/c1-9-20(11-14(3)4,19(22)23-10-2)12-18(21)24-13-17(15(5)6)16(7)8/h14-17H,9-13H2,1-8H3. The number of hydrogen-bond donors (Lipinski definition) is 0. The van der Waals surface area contributed by atoms with Gasteiger partial charge in [0.25, 0.3) is 0 Å². The number of carbonyl (C=O) groups excluding carboxylic acids is 2.